The van der Waals surface area contributed by atoms with E-state index in [1.807, 2.05) is 0 Å². The number of methoxy groups -OCH3 is 1. The van der Waals surface area contributed by atoms with Crippen LogP contribution >= 0.6 is 0 Å². The fourth-order valence-electron chi connectivity index (χ4n) is 1.26. The van der Waals surface area contributed by atoms with Gasteiger partial charge in [-0.2, -0.15) is 13.2 Å². The Hall–Kier alpha value is -1.63. The topological polar surface area (TPSA) is 52.3 Å². The van der Waals surface area contributed by atoms with Crippen molar-refractivity contribution in [3.05, 3.63) is 35.1 Å². The Labute approximate surface area is 94.2 Å². The summed E-state index contributed by atoms with van der Waals surface area (Å²) in [5, 5.41) is 0. The van der Waals surface area contributed by atoms with Gasteiger partial charge >= 0.3 is 12.1 Å². The second kappa shape index (κ2) is 4.70. The maximum absolute atomic E-state index is 13.5. The molecule has 3 nitrogen and oxygen atoms in total. The predicted molar refractivity (Wildman–Crippen MR) is 50.3 cm³/mol. The Kier molecular flexibility index (Phi) is 3.72. The normalized spacial score (nSPS) is 13.3. The molecule has 1 rings (SSSR count). The first-order chi connectivity index (χ1) is 7.79. The molecule has 0 bridgehead atoms. The molecule has 0 spiro atoms. The van der Waals surface area contributed by atoms with Crippen LogP contribution in [-0.4, -0.2) is 13.1 Å². The monoisotopic (exact) mass is 251 g/mol. The number of halogens is 4. The van der Waals surface area contributed by atoms with E-state index in [0.29, 0.717) is 6.07 Å². The molecule has 0 heterocycles. The molecule has 0 fully saturated rings. The first-order valence-corrected chi connectivity index (χ1v) is 4.48. The number of alkyl halides is 3. The van der Waals surface area contributed by atoms with Crippen molar-refractivity contribution in [3.63, 3.8) is 0 Å². The Morgan fingerprint density at radius 1 is 1.41 bits per heavy atom. The summed E-state index contributed by atoms with van der Waals surface area (Å²) < 4.78 is 54.9. The largest absolute Gasteiger partial charge is 0.468 e. The van der Waals surface area contributed by atoms with Gasteiger partial charge in [0, 0.05) is 5.56 Å². The molecule has 94 valence electrons. The first-order valence-electron chi connectivity index (χ1n) is 4.48. The van der Waals surface area contributed by atoms with Crippen LogP contribution in [-0.2, 0) is 15.7 Å². The van der Waals surface area contributed by atoms with Crippen molar-refractivity contribution in [3.8, 4) is 0 Å². The molecule has 0 aliphatic carbocycles. The van der Waals surface area contributed by atoms with E-state index in [-0.39, 0.29) is 0 Å². The number of carbonyl (C=O) groups excluding carboxylic acids is 1. The highest BCUT2D eigenvalue weighted by atomic mass is 19.4. The summed E-state index contributed by atoms with van der Waals surface area (Å²) in [5.41, 5.74) is 3.27. The Bertz CT molecular complexity index is 431. The summed E-state index contributed by atoms with van der Waals surface area (Å²) in [7, 11) is 1.01. The van der Waals surface area contributed by atoms with Crippen molar-refractivity contribution in [2.24, 2.45) is 5.73 Å². The minimum atomic E-state index is -4.84. The molecule has 1 aromatic rings. The van der Waals surface area contributed by atoms with Crippen LogP contribution in [0.3, 0.4) is 0 Å². The van der Waals surface area contributed by atoms with Gasteiger partial charge in [-0.15, -0.1) is 0 Å². The number of hydrogen-bond acceptors (Lipinski definition) is 3. The highest BCUT2D eigenvalue weighted by Crippen LogP contribution is 2.33. The molecule has 7 heteroatoms. The molecule has 1 atom stereocenters. The molecule has 0 amide bonds. The van der Waals surface area contributed by atoms with Crippen molar-refractivity contribution >= 4 is 5.97 Å². The third kappa shape index (κ3) is 2.73. The Morgan fingerprint density at radius 2 is 2.00 bits per heavy atom. The van der Waals surface area contributed by atoms with E-state index in [9.17, 15) is 22.4 Å². The standard InChI is InChI=1S/C10H9F4NO2/c1-17-9(16)8(15)5-3-2-4-6(7(5)11)10(12,13)14/h2-4,8H,15H2,1H3. The van der Waals surface area contributed by atoms with Crippen LogP contribution < -0.4 is 5.73 Å². The van der Waals surface area contributed by atoms with Crippen molar-refractivity contribution in [1.82, 2.24) is 0 Å². The van der Waals surface area contributed by atoms with Crippen molar-refractivity contribution in [1.29, 1.82) is 0 Å². The van der Waals surface area contributed by atoms with Gasteiger partial charge in [0.2, 0.25) is 0 Å². The van der Waals surface area contributed by atoms with E-state index in [4.69, 9.17) is 5.73 Å². The van der Waals surface area contributed by atoms with Crippen LogP contribution in [0.5, 0.6) is 0 Å². The van der Waals surface area contributed by atoms with Crippen molar-refractivity contribution in [2.45, 2.75) is 12.2 Å². The number of ether oxygens (including phenoxy) is 1. The average Bonchev–Trinajstić information content (AvgIpc) is 2.25. The van der Waals surface area contributed by atoms with E-state index >= 15 is 0 Å². The average molecular weight is 251 g/mol. The fourth-order valence-corrected chi connectivity index (χ4v) is 1.26. The number of rotatable bonds is 2. The fraction of sp³-hybridized carbons (Fsp3) is 0.300. The van der Waals surface area contributed by atoms with Gasteiger partial charge in [-0.1, -0.05) is 12.1 Å². The molecule has 0 saturated heterocycles. The first kappa shape index (κ1) is 13.4. The number of hydrogen-bond donors (Lipinski definition) is 1. The zero-order chi connectivity index (χ0) is 13.2. The van der Waals surface area contributed by atoms with E-state index in [1.165, 1.54) is 0 Å². The molecule has 2 N–H and O–H groups in total. The van der Waals surface area contributed by atoms with E-state index in [1.54, 1.807) is 0 Å². The lowest BCUT2D eigenvalue weighted by molar-refractivity contribution is -0.143. The lowest BCUT2D eigenvalue weighted by Crippen LogP contribution is -2.24. The summed E-state index contributed by atoms with van der Waals surface area (Å²) in [6.07, 6.45) is -4.84. The summed E-state index contributed by atoms with van der Waals surface area (Å²) >= 11 is 0. The lowest BCUT2D eigenvalue weighted by Gasteiger charge is -2.14. The predicted octanol–water partition coefficient (Wildman–Crippen LogP) is 2.02. The molecule has 0 aromatic heterocycles. The molecule has 17 heavy (non-hydrogen) atoms. The molecule has 0 radical (unpaired) electrons. The molecular formula is C10H9F4NO2. The van der Waals surface area contributed by atoms with Gasteiger partial charge < -0.3 is 10.5 Å². The summed E-state index contributed by atoms with van der Waals surface area (Å²) in [6, 6.07) is 0.973. The molecule has 0 aliphatic rings. The van der Waals surface area contributed by atoms with Gasteiger partial charge in [-0.3, -0.25) is 4.79 Å². The smallest absolute Gasteiger partial charge is 0.419 e. The van der Waals surface area contributed by atoms with Crippen LogP contribution in [0.1, 0.15) is 17.2 Å². The highest BCUT2D eigenvalue weighted by molar-refractivity contribution is 5.77. The maximum Gasteiger partial charge on any atom is 0.419 e. The van der Waals surface area contributed by atoms with Crippen molar-refractivity contribution in [2.75, 3.05) is 7.11 Å². The van der Waals surface area contributed by atoms with E-state index in [2.05, 4.69) is 4.74 Å². The number of nitrogens with two attached hydrogens (primary N) is 1. The van der Waals surface area contributed by atoms with Crippen LogP contribution in [0.2, 0.25) is 0 Å². The van der Waals surface area contributed by atoms with Crippen LogP contribution in [0.4, 0.5) is 17.6 Å². The van der Waals surface area contributed by atoms with Gasteiger partial charge in [-0.25, -0.2) is 4.39 Å². The van der Waals surface area contributed by atoms with Crippen LogP contribution in [0, 0.1) is 5.82 Å². The third-order valence-electron chi connectivity index (χ3n) is 2.12. The van der Waals surface area contributed by atoms with E-state index < -0.39 is 35.1 Å². The second-order valence-corrected chi connectivity index (χ2v) is 3.21. The van der Waals surface area contributed by atoms with Gasteiger partial charge in [0.15, 0.2) is 0 Å². The maximum atomic E-state index is 13.5. The number of carbonyl (C=O) groups is 1. The highest BCUT2D eigenvalue weighted by Gasteiger charge is 2.36. The molecule has 1 unspecified atom stereocenters. The summed E-state index contributed by atoms with van der Waals surface area (Å²) in [4.78, 5) is 11.0. The second-order valence-electron chi connectivity index (χ2n) is 3.21. The van der Waals surface area contributed by atoms with Gasteiger partial charge in [0.25, 0.3) is 0 Å². The minimum Gasteiger partial charge on any atom is -0.468 e. The van der Waals surface area contributed by atoms with E-state index in [0.717, 1.165) is 19.2 Å². The summed E-state index contributed by atoms with van der Waals surface area (Å²) in [6.45, 7) is 0. The zero-order valence-corrected chi connectivity index (χ0v) is 8.72. The summed E-state index contributed by atoms with van der Waals surface area (Å²) in [5.74, 6) is -2.57. The van der Waals surface area contributed by atoms with Crippen LogP contribution in [0.25, 0.3) is 0 Å². The number of benzene rings is 1. The SMILES string of the molecule is COC(=O)C(N)c1cccc(C(F)(F)F)c1F. The van der Waals surface area contributed by atoms with Gasteiger partial charge in [0.1, 0.15) is 11.9 Å². The van der Waals surface area contributed by atoms with Crippen molar-refractivity contribution < 1.29 is 27.1 Å². The number of esters is 1. The molecular weight excluding hydrogens is 242 g/mol. The Morgan fingerprint density at radius 3 is 2.47 bits per heavy atom. The van der Waals surface area contributed by atoms with Crippen LogP contribution in [0.15, 0.2) is 18.2 Å². The van der Waals surface area contributed by atoms with Gasteiger partial charge in [-0.05, 0) is 6.07 Å². The zero-order valence-electron chi connectivity index (χ0n) is 8.72. The Balaban J connectivity index is 3.24. The minimum absolute atomic E-state index is 0.549. The van der Waals surface area contributed by atoms with Gasteiger partial charge in [0.05, 0.1) is 12.7 Å². The molecule has 1 aromatic carbocycles. The lowest BCUT2D eigenvalue weighted by atomic mass is 10.0. The molecule has 0 aliphatic heterocycles. The third-order valence-corrected chi connectivity index (χ3v) is 2.12. The molecule has 0 saturated carbocycles. The quantitative estimate of drug-likeness (QED) is 0.646.